The quantitative estimate of drug-likeness (QED) is 0.522. The minimum Gasteiger partial charge on any atom is -0.545 e. The summed E-state index contributed by atoms with van der Waals surface area (Å²) in [6.45, 7) is 4.60. The number of nitrogens with zero attached hydrogens (tertiary/aromatic N) is 5. The van der Waals surface area contributed by atoms with Gasteiger partial charge < -0.3 is 15.2 Å². The number of aryl methyl sites for hydroxylation is 1. The minimum atomic E-state index is -1.31. The van der Waals surface area contributed by atoms with Crippen LogP contribution in [0.3, 0.4) is 0 Å². The molecule has 1 N–H and O–H groups in total. The maximum absolute atomic E-state index is 12.1. The molecule has 28 heavy (non-hydrogen) atoms. The Morgan fingerprint density at radius 3 is 2.68 bits per heavy atom. The molecule has 3 rings (SSSR count). The topological polar surface area (TPSA) is 136 Å². The van der Waals surface area contributed by atoms with E-state index in [0.29, 0.717) is 22.6 Å². The Balaban J connectivity index is 0.00000280. The molecule has 10 heteroatoms. The number of nitrogens with one attached hydrogen (secondary N) is 1. The summed E-state index contributed by atoms with van der Waals surface area (Å²) in [6.07, 6.45) is 3.02. The number of carbonyl (C=O) groups excluding carboxylic acids is 2. The van der Waals surface area contributed by atoms with Gasteiger partial charge in [-0.25, -0.2) is 9.50 Å². The number of fused-ring (bicyclic) bond motifs is 1. The molecule has 136 valence electrons. The molecule has 9 nitrogen and oxygen atoms in total. The van der Waals surface area contributed by atoms with Crippen LogP contribution in [-0.4, -0.2) is 31.5 Å². The summed E-state index contributed by atoms with van der Waals surface area (Å²) < 4.78 is 1.45. The smallest absolute Gasteiger partial charge is 0.545 e. The van der Waals surface area contributed by atoms with Crippen LogP contribution >= 0.6 is 0 Å². The molecule has 0 unspecified atom stereocenters. The summed E-state index contributed by atoms with van der Waals surface area (Å²) in [7, 11) is 0. The predicted octanol–water partition coefficient (Wildman–Crippen LogP) is -2.04. The van der Waals surface area contributed by atoms with Crippen LogP contribution in [0.1, 0.15) is 29.9 Å². The molecule has 3 aromatic rings. The molecule has 0 aliphatic rings. The zero-order chi connectivity index (χ0) is 19.8. The number of aromatic nitrogens is 4. The summed E-state index contributed by atoms with van der Waals surface area (Å²) in [4.78, 5) is 31.6. The Labute approximate surface area is 172 Å². The van der Waals surface area contributed by atoms with Crippen LogP contribution in [0.5, 0.6) is 0 Å². The van der Waals surface area contributed by atoms with Crippen LogP contribution in [0.25, 0.3) is 16.9 Å². The zero-order valence-corrected chi connectivity index (χ0v) is 15.8. The van der Waals surface area contributed by atoms with E-state index in [1.807, 2.05) is 6.07 Å². The number of pyridine rings is 1. The number of hydrogen-bond acceptors (Lipinski definition) is 7. The van der Waals surface area contributed by atoms with Crippen molar-refractivity contribution in [2.24, 2.45) is 5.41 Å². The van der Waals surface area contributed by atoms with Gasteiger partial charge in [-0.1, -0.05) is 0 Å². The molecule has 3 aromatic heterocycles. The number of carbonyl (C=O) groups is 2. The number of carboxylic acid groups (broad SMARTS) is 1. The molecule has 0 aliphatic heterocycles. The Hall–Kier alpha value is -3.20. The summed E-state index contributed by atoms with van der Waals surface area (Å²) in [5.74, 6) is -1.53. The molecule has 0 fully saturated rings. The molecule has 0 saturated heterocycles. The second-order valence-corrected chi connectivity index (χ2v) is 6.48. The molecule has 1 amide bonds. The van der Waals surface area contributed by atoms with Gasteiger partial charge in [0, 0.05) is 23.0 Å². The normalized spacial score (nSPS) is 10.8. The van der Waals surface area contributed by atoms with Crippen LogP contribution in [0.4, 0.5) is 5.82 Å². The molecule has 0 atom stereocenters. The van der Waals surface area contributed by atoms with Gasteiger partial charge in [-0.05, 0) is 39.0 Å². The van der Waals surface area contributed by atoms with E-state index in [-0.39, 0.29) is 30.2 Å². The number of aromatic carboxylic acids is 1. The zero-order valence-electron chi connectivity index (χ0n) is 15.8. The fraction of sp³-hybridized carbons (Fsp3) is 0.222. The average molecular weight is 370 g/mol. The number of carboxylic acids is 1. The van der Waals surface area contributed by atoms with Crippen LogP contribution in [-0.2, 0) is 4.79 Å². The van der Waals surface area contributed by atoms with E-state index in [0.717, 1.165) is 0 Å². The molecular formula is C18H15LiN6O3. The summed E-state index contributed by atoms with van der Waals surface area (Å²) >= 11 is 0. The third kappa shape index (κ3) is 4.04. The monoisotopic (exact) mass is 370 g/mol. The van der Waals surface area contributed by atoms with Crippen LogP contribution in [0.2, 0.25) is 0 Å². The van der Waals surface area contributed by atoms with E-state index in [9.17, 15) is 14.7 Å². The van der Waals surface area contributed by atoms with Gasteiger partial charge in [0.05, 0.1) is 23.9 Å². The van der Waals surface area contributed by atoms with Gasteiger partial charge in [-0.15, -0.1) is 0 Å². The largest absolute Gasteiger partial charge is 1.00 e. The molecule has 0 bridgehead atoms. The number of hydrogen-bond donors (Lipinski definition) is 1. The first-order chi connectivity index (χ1) is 12.7. The van der Waals surface area contributed by atoms with Crippen molar-refractivity contribution in [3.05, 3.63) is 41.9 Å². The molecule has 0 saturated carbocycles. The Kier molecular flexibility index (Phi) is 5.88. The molecule has 0 aromatic carbocycles. The molecule has 0 aliphatic carbocycles. The van der Waals surface area contributed by atoms with Crippen molar-refractivity contribution in [3.8, 4) is 17.3 Å². The second-order valence-electron chi connectivity index (χ2n) is 6.48. The van der Waals surface area contributed by atoms with E-state index < -0.39 is 17.3 Å². The van der Waals surface area contributed by atoms with Gasteiger partial charge in [0.2, 0.25) is 5.91 Å². The van der Waals surface area contributed by atoms with E-state index in [1.54, 1.807) is 19.1 Å². The fourth-order valence-corrected chi connectivity index (χ4v) is 2.30. The molecule has 0 spiro atoms. The average Bonchev–Trinajstić information content (AvgIpc) is 3.03. The first kappa shape index (κ1) is 21.1. The Bertz CT molecular complexity index is 1120. The third-order valence-corrected chi connectivity index (χ3v) is 4.01. The van der Waals surface area contributed by atoms with Gasteiger partial charge in [0.25, 0.3) is 0 Å². The maximum Gasteiger partial charge on any atom is 1.00 e. The first-order valence-electron chi connectivity index (χ1n) is 7.99. The molecule has 0 radical (unpaired) electrons. The Morgan fingerprint density at radius 2 is 2.04 bits per heavy atom. The Morgan fingerprint density at radius 1 is 1.32 bits per heavy atom. The number of nitriles is 1. The van der Waals surface area contributed by atoms with Gasteiger partial charge in [-0.2, -0.15) is 10.4 Å². The minimum absolute atomic E-state index is 0. The summed E-state index contributed by atoms with van der Waals surface area (Å²) in [5.41, 5.74) is 0.614. The van der Waals surface area contributed by atoms with E-state index in [1.165, 1.54) is 36.8 Å². The van der Waals surface area contributed by atoms with Crippen molar-refractivity contribution >= 4 is 23.3 Å². The molecule has 3 heterocycles. The summed E-state index contributed by atoms with van der Waals surface area (Å²) in [6, 6.07) is 6.71. The van der Waals surface area contributed by atoms with Gasteiger partial charge in [0.15, 0.2) is 11.5 Å². The maximum atomic E-state index is 12.1. The van der Waals surface area contributed by atoms with Gasteiger partial charge >= 0.3 is 18.9 Å². The number of anilines is 1. The van der Waals surface area contributed by atoms with Gasteiger partial charge in [0.1, 0.15) is 5.41 Å². The van der Waals surface area contributed by atoms with Crippen molar-refractivity contribution in [2.45, 2.75) is 20.8 Å². The first-order valence-corrected chi connectivity index (χ1v) is 7.99. The number of amides is 1. The van der Waals surface area contributed by atoms with Crippen LogP contribution in [0, 0.1) is 23.7 Å². The molecular weight excluding hydrogens is 355 g/mol. The van der Waals surface area contributed by atoms with Crippen LogP contribution < -0.4 is 29.3 Å². The SMILES string of the molecule is Cc1ncc(-c2ccc3nc(NC(=O)C(C)(C)C#N)cn3n2)cc1C(=O)[O-].[Li+]. The van der Waals surface area contributed by atoms with Crippen LogP contribution in [0.15, 0.2) is 30.6 Å². The summed E-state index contributed by atoms with van der Waals surface area (Å²) in [5, 5.41) is 27.2. The van der Waals surface area contributed by atoms with Crippen molar-refractivity contribution < 1.29 is 33.6 Å². The second kappa shape index (κ2) is 7.81. The van der Waals surface area contributed by atoms with Crippen molar-refractivity contribution in [2.75, 3.05) is 5.32 Å². The van der Waals surface area contributed by atoms with E-state index >= 15 is 0 Å². The van der Waals surface area contributed by atoms with Crippen molar-refractivity contribution in [3.63, 3.8) is 0 Å². The fourth-order valence-electron chi connectivity index (χ4n) is 2.30. The van der Waals surface area contributed by atoms with Crippen molar-refractivity contribution in [1.82, 2.24) is 19.6 Å². The standard InChI is InChI=1S/C18H16N6O3.Li/c1-10-12(16(25)26)6-11(7-20-10)13-4-5-15-21-14(8-24(15)23-13)22-17(27)18(2,3)9-19;/h4-8H,1-3H3,(H,22,27)(H,25,26);/q;+1/p-1. The van der Waals surface area contributed by atoms with Crippen molar-refractivity contribution in [1.29, 1.82) is 5.26 Å². The number of imidazole rings is 1. The van der Waals surface area contributed by atoms with E-state index in [2.05, 4.69) is 20.4 Å². The third-order valence-electron chi connectivity index (χ3n) is 4.01. The van der Waals surface area contributed by atoms with Gasteiger partial charge in [-0.3, -0.25) is 9.78 Å². The van der Waals surface area contributed by atoms with E-state index in [4.69, 9.17) is 5.26 Å². The number of rotatable bonds is 4. The predicted molar refractivity (Wildman–Crippen MR) is 93.3 cm³/mol.